The van der Waals surface area contributed by atoms with Crippen molar-refractivity contribution >= 4 is 5.91 Å². The number of amides is 1. The van der Waals surface area contributed by atoms with Gasteiger partial charge in [-0.2, -0.15) is 10.2 Å². The highest BCUT2D eigenvalue weighted by atomic mass is 16.5. The zero-order chi connectivity index (χ0) is 15.2. The third kappa shape index (κ3) is 3.43. The molecule has 0 aromatic carbocycles. The minimum atomic E-state index is -0.0256. The average Bonchev–Trinajstić information content (AvgIpc) is 2.61. The average molecular weight is 299 g/mol. The van der Waals surface area contributed by atoms with Crippen molar-refractivity contribution in [3.63, 3.8) is 0 Å². The van der Waals surface area contributed by atoms with Crippen molar-refractivity contribution in [1.29, 1.82) is 0 Å². The molecule has 2 aromatic rings. The molecule has 1 aliphatic rings. The minimum Gasteiger partial charge on any atom is -0.377 e. The first kappa shape index (κ1) is 14.5. The first-order valence-corrected chi connectivity index (χ1v) is 7.25. The molecule has 3 rings (SSSR count). The van der Waals surface area contributed by atoms with Crippen molar-refractivity contribution in [3.05, 3.63) is 48.3 Å². The van der Waals surface area contributed by atoms with Crippen molar-refractivity contribution in [2.24, 2.45) is 0 Å². The number of hydrogen-bond donors (Lipinski definition) is 0. The number of carbonyl (C=O) groups is 1. The summed E-state index contributed by atoms with van der Waals surface area (Å²) in [5, 5.41) is 7.48. The van der Waals surface area contributed by atoms with Crippen molar-refractivity contribution in [2.75, 3.05) is 19.8 Å². The van der Waals surface area contributed by atoms with Crippen molar-refractivity contribution in [1.82, 2.24) is 25.1 Å². The van der Waals surface area contributed by atoms with Gasteiger partial charge in [0.15, 0.2) is 0 Å². The Hall–Kier alpha value is -2.41. The van der Waals surface area contributed by atoms with Gasteiger partial charge in [-0.25, -0.2) is 0 Å². The molecule has 7 heteroatoms. The van der Waals surface area contributed by atoms with E-state index >= 15 is 0 Å². The molecule has 0 bridgehead atoms. The Morgan fingerprint density at radius 3 is 3.00 bits per heavy atom. The van der Waals surface area contributed by atoms with Crippen LogP contribution >= 0.6 is 0 Å². The summed E-state index contributed by atoms with van der Waals surface area (Å²) in [6.45, 7) is 1.70. The van der Waals surface area contributed by atoms with E-state index in [2.05, 4.69) is 20.2 Å². The fourth-order valence-electron chi connectivity index (χ4n) is 2.52. The highest BCUT2D eigenvalue weighted by Gasteiger charge is 2.28. The molecular formula is C15H17N5O2. The molecule has 1 saturated heterocycles. The number of carbonyl (C=O) groups excluding carboxylic acids is 1. The van der Waals surface area contributed by atoms with Crippen LogP contribution < -0.4 is 0 Å². The molecule has 3 heterocycles. The molecule has 1 fully saturated rings. The van der Waals surface area contributed by atoms with Gasteiger partial charge in [0, 0.05) is 25.1 Å². The van der Waals surface area contributed by atoms with Gasteiger partial charge in [-0.15, -0.1) is 0 Å². The second kappa shape index (κ2) is 7.04. The lowest BCUT2D eigenvalue weighted by Gasteiger charge is -2.35. The highest BCUT2D eigenvalue weighted by Crippen LogP contribution is 2.16. The Balaban J connectivity index is 1.67. The maximum absolute atomic E-state index is 12.6. The van der Waals surface area contributed by atoms with Crippen LogP contribution in [0.25, 0.3) is 0 Å². The Morgan fingerprint density at radius 2 is 2.23 bits per heavy atom. The summed E-state index contributed by atoms with van der Waals surface area (Å²) >= 11 is 0. The Labute approximate surface area is 128 Å². The fourth-order valence-corrected chi connectivity index (χ4v) is 2.52. The minimum absolute atomic E-state index is 0.0256. The second-order valence-corrected chi connectivity index (χ2v) is 5.09. The van der Waals surface area contributed by atoms with Crippen LogP contribution in [0.2, 0.25) is 0 Å². The number of aromatic nitrogens is 4. The van der Waals surface area contributed by atoms with E-state index in [9.17, 15) is 4.79 Å². The summed E-state index contributed by atoms with van der Waals surface area (Å²) in [6.07, 6.45) is 9.67. The molecule has 1 atom stereocenters. The second-order valence-electron chi connectivity index (χ2n) is 5.09. The topological polar surface area (TPSA) is 81.1 Å². The molecule has 114 valence electrons. The van der Waals surface area contributed by atoms with E-state index < -0.39 is 0 Å². The van der Waals surface area contributed by atoms with Gasteiger partial charge in [0.1, 0.15) is 0 Å². The monoisotopic (exact) mass is 299 g/mol. The van der Waals surface area contributed by atoms with E-state index in [-0.39, 0.29) is 11.9 Å². The highest BCUT2D eigenvalue weighted by molar-refractivity contribution is 5.94. The predicted octanol–water partition coefficient (Wildman–Crippen LogP) is 0.740. The largest absolute Gasteiger partial charge is 0.377 e. The van der Waals surface area contributed by atoms with Crippen LogP contribution in [-0.4, -0.2) is 56.8 Å². The molecule has 0 spiro atoms. The Morgan fingerprint density at radius 1 is 1.27 bits per heavy atom. The third-order valence-corrected chi connectivity index (χ3v) is 3.67. The van der Waals surface area contributed by atoms with Gasteiger partial charge < -0.3 is 9.64 Å². The van der Waals surface area contributed by atoms with Crippen molar-refractivity contribution in [3.8, 4) is 0 Å². The van der Waals surface area contributed by atoms with Gasteiger partial charge in [-0.05, 0) is 18.9 Å². The van der Waals surface area contributed by atoms with Crippen LogP contribution in [0.5, 0.6) is 0 Å². The van der Waals surface area contributed by atoms with Crippen LogP contribution in [0.4, 0.5) is 0 Å². The zero-order valence-electron chi connectivity index (χ0n) is 12.1. The lowest BCUT2D eigenvalue weighted by molar-refractivity contribution is -0.00416. The van der Waals surface area contributed by atoms with Crippen LogP contribution in [0.3, 0.4) is 0 Å². The van der Waals surface area contributed by atoms with Gasteiger partial charge in [0.2, 0.25) is 0 Å². The standard InChI is InChI=1S/C15H17N5O2/c21-15(12-3-4-18-19-9-12)20-7-8-22-11-14(20)2-1-13-10-16-5-6-17-13/h3-6,9-10,14H,1-2,7-8,11H2/t14-/m1/s1. The van der Waals surface area contributed by atoms with E-state index in [1.165, 1.54) is 12.4 Å². The molecule has 0 radical (unpaired) electrons. The Bertz CT molecular complexity index is 608. The van der Waals surface area contributed by atoms with Gasteiger partial charge in [0.25, 0.3) is 5.91 Å². The number of morpholine rings is 1. The fraction of sp³-hybridized carbons (Fsp3) is 0.400. The summed E-state index contributed by atoms with van der Waals surface area (Å²) in [6, 6.07) is 1.72. The van der Waals surface area contributed by atoms with E-state index in [0.29, 0.717) is 25.3 Å². The van der Waals surface area contributed by atoms with Crippen LogP contribution in [0.1, 0.15) is 22.5 Å². The number of rotatable bonds is 4. The van der Waals surface area contributed by atoms with E-state index in [1.807, 2.05) is 4.90 Å². The molecule has 22 heavy (non-hydrogen) atoms. The number of nitrogens with zero attached hydrogens (tertiary/aromatic N) is 5. The van der Waals surface area contributed by atoms with E-state index in [0.717, 1.165) is 18.5 Å². The van der Waals surface area contributed by atoms with Gasteiger partial charge >= 0.3 is 0 Å². The Kier molecular flexibility index (Phi) is 4.65. The van der Waals surface area contributed by atoms with Crippen molar-refractivity contribution in [2.45, 2.75) is 18.9 Å². The van der Waals surface area contributed by atoms with Crippen molar-refractivity contribution < 1.29 is 9.53 Å². The molecule has 1 amide bonds. The summed E-state index contributed by atoms with van der Waals surface area (Å²) < 4.78 is 5.53. The van der Waals surface area contributed by atoms with Crippen LogP contribution in [-0.2, 0) is 11.2 Å². The quantitative estimate of drug-likeness (QED) is 0.828. The molecule has 0 saturated carbocycles. The maximum Gasteiger partial charge on any atom is 0.255 e. The molecule has 2 aromatic heterocycles. The molecule has 0 N–H and O–H groups in total. The number of hydrogen-bond acceptors (Lipinski definition) is 6. The molecule has 7 nitrogen and oxygen atoms in total. The van der Waals surface area contributed by atoms with Gasteiger partial charge in [-0.3, -0.25) is 14.8 Å². The predicted molar refractivity (Wildman–Crippen MR) is 78.0 cm³/mol. The zero-order valence-corrected chi connectivity index (χ0v) is 12.1. The van der Waals surface area contributed by atoms with Gasteiger partial charge in [0.05, 0.1) is 42.9 Å². The van der Waals surface area contributed by atoms with Crippen LogP contribution in [0, 0.1) is 0 Å². The normalized spacial score (nSPS) is 18.2. The molecule has 0 aliphatic carbocycles. The van der Waals surface area contributed by atoms with E-state index in [1.54, 1.807) is 24.7 Å². The van der Waals surface area contributed by atoms with Gasteiger partial charge in [-0.1, -0.05) is 0 Å². The molecular weight excluding hydrogens is 282 g/mol. The summed E-state index contributed by atoms with van der Waals surface area (Å²) in [4.78, 5) is 22.8. The SMILES string of the molecule is O=C(c1ccnnc1)N1CCOC[C@H]1CCc1cnccn1. The lowest BCUT2D eigenvalue weighted by atomic mass is 10.1. The molecule has 0 unspecified atom stereocenters. The van der Waals surface area contributed by atoms with Crippen LogP contribution in [0.15, 0.2) is 37.1 Å². The summed E-state index contributed by atoms with van der Waals surface area (Å²) in [7, 11) is 0. The summed E-state index contributed by atoms with van der Waals surface area (Å²) in [5.41, 5.74) is 1.48. The first-order chi connectivity index (χ1) is 10.8. The third-order valence-electron chi connectivity index (χ3n) is 3.67. The maximum atomic E-state index is 12.6. The van der Waals surface area contributed by atoms with E-state index in [4.69, 9.17) is 4.74 Å². The lowest BCUT2D eigenvalue weighted by Crippen LogP contribution is -2.49. The smallest absolute Gasteiger partial charge is 0.255 e. The first-order valence-electron chi connectivity index (χ1n) is 7.25. The number of ether oxygens (including phenoxy) is 1. The molecule has 1 aliphatic heterocycles. The number of aryl methyl sites for hydroxylation is 1. The summed E-state index contributed by atoms with van der Waals surface area (Å²) in [5.74, 6) is -0.0256.